The number of aromatic amines is 1. The predicted molar refractivity (Wildman–Crippen MR) is 148 cm³/mol. The number of aromatic nitrogens is 5. The van der Waals surface area contributed by atoms with Gasteiger partial charge in [-0.1, -0.05) is 13.8 Å². The van der Waals surface area contributed by atoms with E-state index in [2.05, 4.69) is 39.4 Å². The molecule has 1 aromatic carbocycles. The summed E-state index contributed by atoms with van der Waals surface area (Å²) in [6, 6.07) is 7.29. The number of pyridine rings is 2. The molecule has 0 spiro atoms. The molecule has 1 aliphatic carbocycles. The summed E-state index contributed by atoms with van der Waals surface area (Å²) in [4.78, 5) is 22.2. The Hall–Kier alpha value is -3.98. The van der Waals surface area contributed by atoms with E-state index in [1.165, 1.54) is 11.6 Å². The molecule has 1 saturated heterocycles. The maximum absolute atomic E-state index is 14.6. The molecule has 1 atom stereocenters. The number of rotatable bonds is 5. The van der Waals surface area contributed by atoms with Crippen molar-refractivity contribution >= 4 is 27.8 Å². The molecule has 39 heavy (non-hydrogen) atoms. The fourth-order valence-electron chi connectivity index (χ4n) is 5.71. The summed E-state index contributed by atoms with van der Waals surface area (Å²) < 4.78 is 28.5. The molecule has 7 rings (SSSR count). The Labute approximate surface area is 224 Å². The summed E-state index contributed by atoms with van der Waals surface area (Å²) >= 11 is 0. The molecular weight excluding hydrogens is 496 g/mol. The van der Waals surface area contributed by atoms with Gasteiger partial charge in [0.15, 0.2) is 5.82 Å². The van der Waals surface area contributed by atoms with Crippen LogP contribution in [0.15, 0.2) is 48.9 Å². The third kappa shape index (κ3) is 4.30. The van der Waals surface area contributed by atoms with Crippen LogP contribution in [0, 0.1) is 17.0 Å². The summed E-state index contributed by atoms with van der Waals surface area (Å²) in [5.74, 6) is 0.811. The highest BCUT2D eigenvalue weighted by atomic mass is 19.1. The Kier molecular flexibility index (Phi) is 5.59. The van der Waals surface area contributed by atoms with Crippen molar-refractivity contribution in [3.63, 3.8) is 0 Å². The molecule has 198 valence electrons. The van der Waals surface area contributed by atoms with Crippen LogP contribution in [-0.2, 0) is 0 Å². The Morgan fingerprint density at radius 2 is 1.87 bits per heavy atom. The van der Waals surface area contributed by atoms with Gasteiger partial charge in [0.25, 0.3) is 0 Å². The van der Waals surface area contributed by atoms with E-state index in [0.29, 0.717) is 23.1 Å². The molecule has 7 nitrogen and oxygen atoms in total. The first-order valence-electron chi connectivity index (χ1n) is 13.4. The number of nitrogens with one attached hydrogen (secondary N) is 3. The van der Waals surface area contributed by atoms with Crippen LogP contribution in [0.5, 0.6) is 0 Å². The van der Waals surface area contributed by atoms with E-state index < -0.39 is 11.6 Å². The van der Waals surface area contributed by atoms with Crippen molar-refractivity contribution in [1.82, 2.24) is 30.2 Å². The summed E-state index contributed by atoms with van der Waals surface area (Å²) in [6.45, 7) is 6.40. The van der Waals surface area contributed by atoms with Crippen molar-refractivity contribution < 1.29 is 8.78 Å². The van der Waals surface area contributed by atoms with E-state index in [0.717, 1.165) is 72.2 Å². The van der Waals surface area contributed by atoms with E-state index in [9.17, 15) is 8.78 Å². The largest absolute Gasteiger partial charge is 0.366 e. The summed E-state index contributed by atoms with van der Waals surface area (Å²) in [6.07, 6.45) is 8.71. The summed E-state index contributed by atoms with van der Waals surface area (Å²) in [5.41, 5.74) is 3.91. The molecule has 5 aromatic rings. The van der Waals surface area contributed by atoms with E-state index >= 15 is 0 Å². The number of H-pyrrole nitrogens is 1. The minimum atomic E-state index is -0.513. The van der Waals surface area contributed by atoms with E-state index in [4.69, 9.17) is 9.97 Å². The van der Waals surface area contributed by atoms with E-state index in [1.807, 2.05) is 12.3 Å². The van der Waals surface area contributed by atoms with Crippen LogP contribution in [0.4, 0.5) is 14.6 Å². The minimum Gasteiger partial charge on any atom is -0.366 e. The average molecular weight is 526 g/mol. The molecule has 1 saturated carbocycles. The minimum absolute atomic E-state index is 0.0387. The van der Waals surface area contributed by atoms with Crippen LogP contribution in [-0.4, -0.2) is 44.1 Å². The van der Waals surface area contributed by atoms with Crippen LogP contribution in [0.2, 0.25) is 0 Å². The number of benzene rings is 1. The van der Waals surface area contributed by atoms with Gasteiger partial charge < -0.3 is 15.6 Å². The molecule has 4 aromatic heterocycles. The average Bonchev–Trinajstić information content (AvgIpc) is 3.68. The zero-order chi connectivity index (χ0) is 26.7. The molecule has 0 amide bonds. The van der Waals surface area contributed by atoms with Crippen molar-refractivity contribution in [3.8, 4) is 22.6 Å². The smallest absolute Gasteiger partial charge is 0.163 e. The Morgan fingerprint density at radius 1 is 1.00 bits per heavy atom. The number of nitrogens with zero attached hydrogens (tertiary/aromatic N) is 4. The highest BCUT2D eigenvalue weighted by molar-refractivity contribution is 5.98. The molecule has 5 heterocycles. The van der Waals surface area contributed by atoms with Crippen molar-refractivity contribution in [2.45, 2.75) is 45.1 Å². The van der Waals surface area contributed by atoms with Crippen molar-refractivity contribution in [2.24, 2.45) is 5.41 Å². The van der Waals surface area contributed by atoms with Gasteiger partial charge >= 0.3 is 0 Å². The first kappa shape index (κ1) is 24.1. The van der Waals surface area contributed by atoms with Gasteiger partial charge in [0.1, 0.15) is 23.1 Å². The zero-order valence-electron chi connectivity index (χ0n) is 21.9. The lowest BCUT2D eigenvalue weighted by molar-refractivity contribution is 0.236. The molecule has 2 aliphatic rings. The van der Waals surface area contributed by atoms with Gasteiger partial charge in [-0.3, -0.25) is 4.98 Å². The number of hydrogen-bond acceptors (Lipinski definition) is 6. The maximum Gasteiger partial charge on any atom is 0.163 e. The monoisotopic (exact) mass is 525 g/mol. The molecule has 1 unspecified atom stereocenters. The van der Waals surface area contributed by atoms with Crippen molar-refractivity contribution in [3.05, 3.63) is 66.1 Å². The Bertz CT molecular complexity index is 1720. The van der Waals surface area contributed by atoms with Crippen LogP contribution in [0.25, 0.3) is 44.6 Å². The first-order chi connectivity index (χ1) is 18.9. The van der Waals surface area contributed by atoms with Crippen molar-refractivity contribution in [2.75, 3.05) is 18.4 Å². The second kappa shape index (κ2) is 9.05. The number of hydrogen-bond donors (Lipinski definition) is 3. The second-order valence-corrected chi connectivity index (χ2v) is 11.4. The molecule has 1 aliphatic heterocycles. The molecule has 0 bridgehead atoms. The van der Waals surface area contributed by atoms with Crippen LogP contribution >= 0.6 is 0 Å². The van der Waals surface area contributed by atoms with Gasteiger partial charge in [0.2, 0.25) is 0 Å². The SMILES string of the molecule is CC1(C)CNCCC1Nc1nc(-c2ccnc3[nH]c(-c4cc(F)ccc4F)cc23)nc2cncc(C3CC3)c12. The van der Waals surface area contributed by atoms with E-state index in [-0.39, 0.29) is 17.0 Å². The lowest BCUT2D eigenvalue weighted by Gasteiger charge is -2.40. The molecule has 9 heteroatoms. The standard InChI is InChI=1S/C30H29F2N7/c1-30(2)15-33-9-8-25(30)38-29-26-21(16-3-4-16)13-34-14-24(26)37-28(39-29)18-7-10-35-27-19(18)12-23(36-27)20-11-17(31)5-6-22(20)32/h5-7,10-14,16,25,33H,3-4,8-9,15H2,1-2H3,(H,35,36)(H,37,38,39). The molecule has 2 fully saturated rings. The summed E-state index contributed by atoms with van der Waals surface area (Å²) in [5, 5.41) is 9.08. The van der Waals surface area contributed by atoms with Gasteiger partial charge in [-0.2, -0.15) is 0 Å². The molecule has 3 N–H and O–H groups in total. The van der Waals surface area contributed by atoms with Crippen LogP contribution in [0.1, 0.15) is 44.6 Å². The third-order valence-corrected chi connectivity index (χ3v) is 8.09. The topological polar surface area (TPSA) is 91.4 Å². The maximum atomic E-state index is 14.6. The Balaban J connectivity index is 1.40. The second-order valence-electron chi connectivity index (χ2n) is 11.4. The quantitative estimate of drug-likeness (QED) is 0.253. The Morgan fingerprint density at radius 3 is 2.69 bits per heavy atom. The first-order valence-corrected chi connectivity index (χ1v) is 13.4. The predicted octanol–water partition coefficient (Wildman–Crippen LogP) is 6.19. The lowest BCUT2D eigenvalue weighted by Crippen LogP contribution is -2.49. The highest BCUT2D eigenvalue weighted by Gasteiger charge is 2.34. The van der Waals surface area contributed by atoms with Gasteiger partial charge in [0.05, 0.1) is 17.4 Å². The third-order valence-electron chi connectivity index (χ3n) is 8.09. The zero-order valence-corrected chi connectivity index (χ0v) is 21.9. The lowest BCUT2D eigenvalue weighted by atomic mass is 9.80. The van der Waals surface area contributed by atoms with E-state index in [1.54, 1.807) is 18.5 Å². The summed E-state index contributed by atoms with van der Waals surface area (Å²) in [7, 11) is 0. The molecule has 0 radical (unpaired) electrons. The fourth-order valence-corrected chi connectivity index (χ4v) is 5.71. The molecular formula is C30H29F2N7. The number of halogens is 2. The van der Waals surface area contributed by atoms with Gasteiger partial charge in [-0.15, -0.1) is 0 Å². The van der Waals surface area contributed by atoms with Gasteiger partial charge in [0, 0.05) is 46.9 Å². The van der Waals surface area contributed by atoms with Crippen LogP contribution < -0.4 is 10.6 Å². The number of anilines is 1. The van der Waals surface area contributed by atoms with Gasteiger partial charge in [-0.25, -0.2) is 23.7 Å². The van der Waals surface area contributed by atoms with Gasteiger partial charge in [-0.05, 0) is 73.0 Å². The highest BCUT2D eigenvalue weighted by Crippen LogP contribution is 2.45. The number of piperidine rings is 1. The number of fused-ring (bicyclic) bond motifs is 2. The normalized spacial score (nSPS) is 19.0. The van der Waals surface area contributed by atoms with Crippen LogP contribution in [0.3, 0.4) is 0 Å². The van der Waals surface area contributed by atoms with Crippen molar-refractivity contribution in [1.29, 1.82) is 0 Å². The fraction of sp³-hybridized carbons (Fsp3) is 0.333.